The third kappa shape index (κ3) is 1.77. The third-order valence-corrected chi connectivity index (χ3v) is 4.22. The molecule has 0 atom stereocenters. The first-order chi connectivity index (χ1) is 11.4. The molecule has 0 aliphatic rings. The summed E-state index contributed by atoms with van der Waals surface area (Å²) in [5, 5.41) is 2.37. The van der Waals surface area contributed by atoms with E-state index in [1.165, 1.54) is 5.39 Å². The van der Waals surface area contributed by atoms with E-state index in [4.69, 9.17) is 4.98 Å². The zero-order chi connectivity index (χ0) is 15.2. The first kappa shape index (κ1) is 12.4. The first-order valence-electron chi connectivity index (χ1n) is 7.62. The summed E-state index contributed by atoms with van der Waals surface area (Å²) in [5.74, 6) is 0.875. The SMILES string of the molecule is c1ccc(-c2nc3ccccc3c3cc4ccccc4n23)nc1. The summed E-state index contributed by atoms with van der Waals surface area (Å²) in [4.78, 5) is 9.41. The Morgan fingerprint density at radius 3 is 2.48 bits per heavy atom. The molecular formula is C20H13N3. The molecule has 0 bridgehead atoms. The average molecular weight is 295 g/mol. The zero-order valence-electron chi connectivity index (χ0n) is 12.3. The van der Waals surface area contributed by atoms with Crippen LogP contribution in [0.5, 0.6) is 0 Å². The van der Waals surface area contributed by atoms with Crippen molar-refractivity contribution >= 4 is 27.3 Å². The topological polar surface area (TPSA) is 30.2 Å². The Bertz CT molecular complexity index is 1160. The summed E-state index contributed by atoms with van der Waals surface area (Å²) in [6.45, 7) is 0. The summed E-state index contributed by atoms with van der Waals surface area (Å²) < 4.78 is 2.21. The lowest BCUT2D eigenvalue weighted by atomic mass is 10.2. The van der Waals surface area contributed by atoms with Crippen LogP contribution in [-0.2, 0) is 0 Å². The third-order valence-electron chi connectivity index (χ3n) is 4.22. The minimum absolute atomic E-state index is 0.875. The quantitative estimate of drug-likeness (QED) is 0.448. The van der Waals surface area contributed by atoms with Crippen molar-refractivity contribution in [2.45, 2.75) is 0 Å². The number of hydrogen-bond acceptors (Lipinski definition) is 2. The van der Waals surface area contributed by atoms with Gasteiger partial charge in [-0.25, -0.2) is 4.98 Å². The minimum Gasteiger partial charge on any atom is -0.292 e. The molecule has 0 spiro atoms. The average Bonchev–Trinajstić information content (AvgIpc) is 3.02. The smallest absolute Gasteiger partial charge is 0.164 e. The molecule has 0 unspecified atom stereocenters. The van der Waals surface area contributed by atoms with Crippen molar-refractivity contribution in [3.8, 4) is 11.5 Å². The maximum absolute atomic E-state index is 4.90. The highest BCUT2D eigenvalue weighted by molar-refractivity contribution is 6.02. The summed E-state index contributed by atoms with van der Waals surface area (Å²) >= 11 is 0. The van der Waals surface area contributed by atoms with Crippen LogP contribution in [0, 0.1) is 0 Å². The second-order valence-corrected chi connectivity index (χ2v) is 5.59. The van der Waals surface area contributed by atoms with Crippen LogP contribution in [-0.4, -0.2) is 14.4 Å². The molecule has 5 rings (SSSR count). The fourth-order valence-corrected chi connectivity index (χ4v) is 3.20. The van der Waals surface area contributed by atoms with E-state index in [1.807, 2.05) is 30.5 Å². The number of para-hydroxylation sites is 2. The number of pyridine rings is 1. The molecule has 0 aliphatic carbocycles. The van der Waals surface area contributed by atoms with Crippen LogP contribution in [0.1, 0.15) is 0 Å². The van der Waals surface area contributed by atoms with Crippen LogP contribution in [0.25, 0.3) is 38.8 Å². The van der Waals surface area contributed by atoms with Gasteiger partial charge in [0.05, 0.1) is 16.6 Å². The molecule has 3 heteroatoms. The van der Waals surface area contributed by atoms with Gasteiger partial charge in [-0.1, -0.05) is 42.5 Å². The molecular weight excluding hydrogens is 282 g/mol. The fourth-order valence-electron chi connectivity index (χ4n) is 3.20. The lowest BCUT2D eigenvalue weighted by Crippen LogP contribution is -1.98. The summed E-state index contributed by atoms with van der Waals surface area (Å²) in [6, 6.07) is 24.8. The number of aromatic nitrogens is 3. The van der Waals surface area contributed by atoms with E-state index in [-0.39, 0.29) is 0 Å². The van der Waals surface area contributed by atoms with Crippen molar-refractivity contribution in [3.63, 3.8) is 0 Å². The predicted octanol–water partition coefficient (Wildman–Crippen LogP) is 4.70. The minimum atomic E-state index is 0.875. The lowest BCUT2D eigenvalue weighted by molar-refractivity contribution is 1.14. The van der Waals surface area contributed by atoms with Crippen LogP contribution in [0.3, 0.4) is 0 Å². The Morgan fingerprint density at radius 1 is 0.739 bits per heavy atom. The van der Waals surface area contributed by atoms with Gasteiger partial charge in [0.1, 0.15) is 5.69 Å². The summed E-state index contributed by atoms with van der Waals surface area (Å²) in [6.07, 6.45) is 1.81. The van der Waals surface area contributed by atoms with Crippen LogP contribution in [0.4, 0.5) is 0 Å². The van der Waals surface area contributed by atoms with Gasteiger partial charge < -0.3 is 0 Å². The molecule has 3 heterocycles. The van der Waals surface area contributed by atoms with Crippen molar-refractivity contribution in [1.82, 2.24) is 14.4 Å². The van der Waals surface area contributed by atoms with E-state index >= 15 is 0 Å². The van der Waals surface area contributed by atoms with Gasteiger partial charge in [0.25, 0.3) is 0 Å². The monoisotopic (exact) mass is 295 g/mol. The van der Waals surface area contributed by atoms with Gasteiger partial charge in [0.2, 0.25) is 0 Å². The van der Waals surface area contributed by atoms with Crippen molar-refractivity contribution in [1.29, 1.82) is 0 Å². The predicted molar refractivity (Wildman–Crippen MR) is 93.4 cm³/mol. The van der Waals surface area contributed by atoms with E-state index < -0.39 is 0 Å². The number of fused-ring (bicyclic) bond motifs is 5. The fraction of sp³-hybridized carbons (Fsp3) is 0. The van der Waals surface area contributed by atoms with Crippen molar-refractivity contribution < 1.29 is 0 Å². The lowest BCUT2D eigenvalue weighted by Gasteiger charge is -2.09. The molecule has 0 aliphatic heterocycles. The Hall–Kier alpha value is -3.20. The van der Waals surface area contributed by atoms with Crippen LogP contribution in [0.15, 0.2) is 79.0 Å². The van der Waals surface area contributed by atoms with Gasteiger partial charge in [0.15, 0.2) is 5.82 Å². The maximum atomic E-state index is 4.90. The number of hydrogen-bond donors (Lipinski definition) is 0. The van der Waals surface area contributed by atoms with Crippen LogP contribution in [0.2, 0.25) is 0 Å². The van der Waals surface area contributed by atoms with Crippen molar-refractivity contribution in [2.24, 2.45) is 0 Å². The van der Waals surface area contributed by atoms with Gasteiger partial charge in [-0.05, 0) is 30.3 Å². The highest BCUT2D eigenvalue weighted by Crippen LogP contribution is 2.30. The van der Waals surface area contributed by atoms with Crippen molar-refractivity contribution in [3.05, 3.63) is 79.0 Å². The Kier molecular flexibility index (Phi) is 2.50. The van der Waals surface area contributed by atoms with Gasteiger partial charge in [-0.15, -0.1) is 0 Å². The maximum Gasteiger partial charge on any atom is 0.164 e. The molecule has 0 amide bonds. The number of rotatable bonds is 1. The van der Waals surface area contributed by atoms with Gasteiger partial charge >= 0.3 is 0 Å². The van der Waals surface area contributed by atoms with Crippen molar-refractivity contribution in [2.75, 3.05) is 0 Å². The van der Waals surface area contributed by atoms with Gasteiger partial charge in [0, 0.05) is 17.0 Å². The Balaban J connectivity index is 2.06. The molecule has 2 aromatic carbocycles. The second kappa shape index (κ2) is 4.65. The Morgan fingerprint density at radius 2 is 1.57 bits per heavy atom. The number of nitrogens with zero attached hydrogens (tertiary/aromatic N) is 3. The van der Waals surface area contributed by atoms with E-state index in [2.05, 4.69) is 57.9 Å². The second-order valence-electron chi connectivity index (χ2n) is 5.59. The molecule has 23 heavy (non-hydrogen) atoms. The standard InChI is InChI=1S/C20H13N3/c1-4-11-18-14(7-1)13-19-15-8-2-3-9-16(15)22-20(23(18)19)17-10-5-6-12-21-17/h1-13H. The molecule has 5 aromatic rings. The molecule has 0 saturated heterocycles. The molecule has 3 nitrogen and oxygen atoms in total. The largest absolute Gasteiger partial charge is 0.292 e. The molecule has 0 N–H and O–H groups in total. The van der Waals surface area contributed by atoms with Gasteiger partial charge in [-0.3, -0.25) is 9.38 Å². The van der Waals surface area contributed by atoms with Gasteiger partial charge in [-0.2, -0.15) is 0 Å². The Labute approximate surface area is 132 Å². The van der Waals surface area contributed by atoms with Crippen LogP contribution >= 0.6 is 0 Å². The molecule has 3 aromatic heterocycles. The molecule has 0 saturated carbocycles. The van der Waals surface area contributed by atoms with Crippen LogP contribution < -0.4 is 0 Å². The summed E-state index contributed by atoms with van der Waals surface area (Å²) in [7, 11) is 0. The molecule has 0 fully saturated rings. The van der Waals surface area contributed by atoms with E-state index in [0.29, 0.717) is 0 Å². The highest BCUT2D eigenvalue weighted by Gasteiger charge is 2.13. The normalized spacial score (nSPS) is 11.5. The molecule has 0 radical (unpaired) electrons. The first-order valence-corrected chi connectivity index (χ1v) is 7.62. The zero-order valence-corrected chi connectivity index (χ0v) is 12.3. The molecule has 108 valence electrons. The summed E-state index contributed by atoms with van der Waals surface area (Å²) in [5.41, 5.74) is 4.19. The number of benzene rings is 2. The van der Waals surface area contributed by atoms with E-state index in [9.17, 15) is 0 Å². The van der Waals surface area contributed by atoms with E-state index in [0.717, 1.165) is 33.5 Å². The highest BCUT2D eigenvalue weighted by atomic mass is 15.0. The van der Waals surface area contributed by atoms with E-state index in [1.54, 1.807) is 0 Å².